The van der Waals surface area contributed by atoms with E-state index in [-0.39, 0.29) is 19.4 Å². The molecule has 10 nitrogen and oxygen atoms in total. The molecular formula is C8H20N2O8P2. The topological polar surface area (TPSA) is 182 Å². The second-order valence-corrected chi connectivity index (χ2v) is 7.85. The SMILES string of the molecule is CC(CCCN)(C(=O)O)N(CP(=O)(O)O)CP(=O)(O)O. The number of rotatable bonds is 9. The third kappa shape index (κ3) is 6.92. The lowest BCUT2D eigenvalue weighted by Crippen LogP contribution is -2.53. The van der Waals surface area contributed by atoms with Crippen LogP contribution in [0.15, 0.2) is 0 Å². The summed E-state index contributed by atoms with van der Waals surface area (Å²) in [5.41, 5.74) is 3.44. The Balaban J connectivity index is 5.46. The fraction of sp³-hybridized carbons (Fsp3) is 0.875. The van der Waals surface area contributed by atoms with Crippen molar-refractivity contribution in [2.24, 2.45) is 5.73 Å². The van der Waals surface area contributed by atoms with Crippen molar-refractivity contribution in [1.29, 1.82) is 0 Å². The number of nitrogens with two attached hydrogens (primary N) is 1. The Labute approximate surface area is 115 Å². The summed E-state index contributed by atoms with van der Waals surface area (Å²) in [6, 6.07) is 0. The van der Waals surface area contributed by atoms with Gasteiger partial charge >= 0.3 is 21.2 Å². The standard InChI is InChI=1S/C8H20N2O8P2/c1-8(7(11)12,3-2-4-9)10(5-19(13,14)15)6-20(16,17)18/h2-6,9H2,1H3,(H,11,12)(H2,13,14,15)(H2,16,17,18). The Morgan fingerprint density at radius 3 is 1.80 bits per heavy atom. The molecule has 0 aromatic carbocycles. The van der Waals surface area contributed by atoms with E-state index in [0.29, 0.717) is 4.90 Å². The van der Waals surface area contributed by atoms with E-state index in [0.717, 1.165) is 6.92 Å². The highest BCUT2D eigenvalue weighted by molar-refractivity contribution is 7.52. The van der Waals surface area contributed by atoms with Crippen molar-refractivity contribution in [3.8, 4) is 0 Å². The van der Waals surface area contributed by atoms with E-state index in [1.807, 2.05) is 0 Å². The normalized spacial score (nSPS) is 16.1. The van der Waals surface area contributed by atoms with Gasteiger partial charge in [-0.15, -0.1) is 0 Å². The second-order valence-electron chi connectivity index (χ2n) is 4.62. The number of carboxylic acid groups (broad SMARTS) is 1. The number of aliphatic carboxylic acids is 1. The first-order valence-corrected chi connectivity index (χ1v) is 9.19. The quantitative estimate of drug-likeness (QED) is 0.290. The summed E-state index contributed by atoms with van der Waals surface area (Å²) in [7, 11) is -9.38. The molecule has 0 bridgehead atoms. The van der Waals surface area contributed by atoms with Crippen LogP contribution in [0, 0.1) is 0 Å². The van der Waals surface area contributed by atoms with Gasteiger partial charge in [0.1, 0.15) is 18.1 Å². The predicted octanol–water partition coefficient (Wildman–Crippen LogP) is -0.859. The van der Waals surface area contributed by atoms with Crippen LogP contribution >= 0.6 is 15.2 Å². The molecule has 0 amide bonds. The Morgan fingerprint density at radius 2 is 1.55 bits per heavy atom. The van der Waals surface area contributed by atoms with Gasteiger partial charge < -0.3 is 30.4 Å². The van der Waals surface area contributed by atoms with Crippen LogP contribution in [-0.4, -0.2) is 60.2 Å². The maximum atomic E-state index is 11.4. The number of carbonyl (C=O) groups is 1. The second kappa shape index (κ2) is 7.11. The van der Waals surface area contributed by atoms with Gasteiger partial charge in [-0.05, 0) is 26.3 Å². The van der Waals surface area contributed by atoms with Crippen LogP contribution < -0.4 is 5.73 Å². The van der Waals surface area contributed by atoms with Crippen LogP contribution in [0.25, 0.3) is 0 Å². The van der Waals surface area contributed by atoms with Crippen molar-refractivity contribution in [2.45, 2.75) is 25.3 Å². The largest absolute Gasteiger partial charge is 0.480 e. The van der Waals surface area contributed by atoms with Crippen molar-refractivity contribution >= 4 is 21.2 Å². The first kappa shape index (κ1) is 19.7. The van der Waals surface area contributed by atoms with Crippen LogP contribution in [0.2, 0.25) is 0 Å². The predicted molar refractivity (Wildman–Crippen MR) is 70.0 cm³/mol. The molecule has 0 fully saturated rings. The van der Waals surface area contributed by atoms with Crippen molar-refractivity contribution in [1.82, 2.24) is 4.90 Å². The van der Waals surface area contributed by atoms with Crippen LogP contribution in [0.3, 0.4) is 0 Å². The molecule has 0 saturated heterocycles. The monoisotopic (exact) mass is 334 g/mol. The van der Waals surface area contributed by atoms with Crippen molar-refractivity contribution < 1.29 is 38.6 Å². The average molecular weight is 334 g/mol. The van der Waals surface area contributed by atoms with Crippen molar-refractivity contribution in [3.63, 3.8) is 0 Å². The van der Waals surface area contributed by atoms with E-state index < -0.39 is 39.3 Å². The molecule has 120 valence electrons. The van der Waals surface area contributed by atoms with Crippen LogP contribution in [0.1, 0.15) is 19.8 Å². The van der Waals surface area contributed by atoms with Crippen molar-refractivity contribution in [2.75, 3.05) is 19.1 Å². The number of hydrogen-bond donors (Lipinski definition) is 6. The summed E-state index contributed by atoms with van der Waals surface area (Å²) in [5.74, 6) is -1.44. The smallest absolute Gasteiger partial charge is 0.339 e. The first-order chi connectivity index (χ1) is 8.82. The Kier molecular flexibility index (Phi) is 7.00. The third-order valence-electron chi connectivity index (χ3n) is 2.74. The van der Waals surface area contributed by atoms with Gasteiger partial charge in [0.05, 0.1) is 0 Å². The number of hydrogen-bond acceptors (Lipinski definition) is 5. The van der Waals surface area contributed by atoms with Crippen LogP contribution in [-0.2, 0) is 13.9 Å². The molecule has 12 heteroatoms. The van der Waals surface area contributed by atoms with Gasteiger partial charge in [0.2, 0.25) is 0 Å². The molecule has 7 N–H and O–H groups in total. The van der Waals surface area contributed by atoms with Gasteiger partial charge in [-0.2, -0.15) is 0 Å². The fourth-order valence-corrected chi connectivity index (χ4v) is 3.52. The lowest BCUT2D eigenvalue weighted by atomic mass is 9.94. The summed E-state index contributed by atoms with van der Waals surface area (Å²) < 4.78 is 22.1. The molecule has 0 spiro atoms. The minimum absolute atomic E-state index is 0.0984. The molecule has 0 radical (unpaired) electrons. The molecule has 1 atom stereocenters. The molecule has 0 aliphatic carbocycles. The zero-order chi connectivity index (χ0) is 16.2. The highest BCUT2D eigenvalue weighted by atomic mass is 31.2. The maximum absolute atomic E-state index is 11.4. The molecular weight excluding hydrogens is 314 g/mol. The summed E-state index contributed by atoms with van der Waals surface area (Å²) >= 11 is 0. The summed E-state index contributed by atoms with van der Waals surface area (Å²) in [6.07, 6.45) is -2.00. The molecule has 0 rings (SSSR count). The summed E-state index contributed by atoms with van der Waals surface area (Å²) in [4.78, 5) is 47.8. The number of nitrogens with zero attached hydrogens (tertiary/aromatic N) is 1. The minimum atomic E-state index is -4.69. The highest BCUT2D eigenvalue weighted by Gasteiger charge is 2.44. The van der Waals surface area contributed by atoms with Gasteiger partial charge in [0, 0.05) is 0 Å². The summed E-state index contributed by atoms with van der Waals surface area (Å²) in [5, 5.41) is 9.23. The van der Waals surface area contributed by atoms with E-state index in [9.17, 15) is 19.0 Å². The summed E-state index contributed by atoms with van der Waals surface area (Å²) in [6.45, 7) is 1.29. The van der Waals surface area contributed by atoms with E-state index in [2.05, 4.69) is 0 Å². The van der Waals surface area contributed by atoms with Gasteiger partial charge in [-0.1, -0.05) is 0 Å². The van der Waals surface area contributed by atoms with E-state index >= 15 is 0 Å². The third-order valence-corrected chi connectivity index (χ3v) is 4.16. The zero-order valence-corrected chi connectivity index (χ0v) is 12.7. The number of carboxylic acids is 1. The molecule has 0 heterocycles. The minimum Gasteiger partial charge on any atom is -0.480 e. The molecule has 0 aliphatic heterocycles. The maximum Gasteiger partial charge on any atom is 0.339 e. The van der Waals surface area contributed by atoms with Gasteiger partial charge in [-0.25, -0.2) is 0 Å². The van der Waals surface area contributed by atoms with Crippen LogP contribution in [0.5, 0.6) is 0 Å². The van der Waals surface area contributed by atoms with Gasteiger partial charge in [0.15, 0.2) is 0 Å². The Morgan fingerprint density at radius 1 is 1.15 bits per heavy atom. The lowest BCUT2D eigenvalue weighted by Gasteiger charge is -2.37. The Bertz CT molecular complexity index is 408. The van der Waals surface area contributed by atoms with Gasteiger partial charge in [0.25, 0.3) is 0 Å². The van der Waals surface area contributed by atoms with E-state index in [1.54, 1.807) is 0 Å². The fourth-order valence-electron chi connectivity index (χ4n) is 1.65. The van der Waals surface area contributed by atoms with E-state index in [4.69, 9.17) is 25.3 Å². The molecule has 0 aromatic rings. The molecule has 0 saturated carbocycles. The van der Waals surface area contributed by atoms with Crippen LogP contribution in [0.4, 0.5) is 0 Å². The average Bonchev–Trinajstić information content (AvgIpc) is 2.20. The zero-order valence-electron chi connectivity index (χ0n) is 10.9. The van der Waals surface area contributed by atoms with Gasteiger partial charge in [-0.3, -0.25) is 18.8 Å². The molecule has 1 unspecified atom stereocenters. The molecule has 0 aliphatic rings. The van der Waals surface area contributed by atoms with Crippen molar-refractivity contribution in [3.05, 3.63) is 0 Å². The highest BCUT2D eigenvalue weighted by Crippen LogP contribution is 2.44. The van der Waals surface area contributed by atoms with E-state index in [1.165, 1.54) is 0 Å². The molecule has 0 aromatic heterocycles. The molecule has 20 heavy (non-hydrogen) atoms. The Hall–Kier alpha value is -0.310. The first-order valence-electron chi connectivity index (χ1n) is 5.59. The lowest BCUT2D eigenvalue weighted by molar-refractivity contribution is -0.150.